The number of hydrogen-bond acceptors (Lipinski definition) is 7. The minimum absolute atomic E-state index is 0.0624. The van der Waals surface area contributed by atoms with E-state index in [1.54, 1.807) is 6.07 Å². The third-order valence-electron chi connectivity index (χ3n) is 4.78. The van der Waals surface area contributed by atoms with Gasteiger partial charge < -0.3 is 25.2 Å². The molecule has 4 N–H and O–H groups in total. The zero-order valence-corrected chi connectivity index (χ0v) is 13.0. The van der Waals surface area contributed by atoms with Gasteiger partial charge in [0.05, 0.1) is 6.61 Å². The van der Waals surface area contributed by atoms with E-state index < -0.39 is 42.8 Å². The summed E-state index contributed by atoms with van der Waals surface area (Å²) in [7, 11) is 0. The van der Waals surface area contributed by atoms with Gasteiger partial charge in [-0.3, -0.25) is 9.36 Å². The van der Waals surface area contributed by atoms with E-state index in [0.717, 1.165) is 18.4 Å². The van der Waals surface area contributed by atoms with Gasteiger partial charge in [0.25, 0.3) is 5.56 Å². The number of ether oxygens (including phenoxy) is 1. The van der Waals surface area contributed by atoms with Crippen LogP contribution in [0, 0.1) is 11.3 Å². The average Bonchev–Trinajstić information content (AvgIpc) is 2.60. The van der Waals surface area contributed by atoms with E-state index in [1.807, 2.05) is 6.07 Å². The van der Waals surface area contributed by atoms with Crippen LogP contribution >= 0.6 is 0 Å². The Morgan fingerprint density at radius 2 is 1.92 bits per heavy atom. The van der Waals surface area contributed by atoms with Crippen LogP contribution < -0.4 is 5.56 Å². The van der Waals surface area contributed by atoms with Gasteiger partial charge in [0, 0.05) is 5.69 Å². The highest BCUT2D eigenvalue weighted by Gasteiger charge is 2.45. The van der Waals surface area contributed by atoms with E-state index >= 15 is 0 Å². The maximum absolute atomic E-state index is 12.6. The van der Waals surface area contributed by atoms with E-state index in [1.165, 1.54) is 4.57 Å². The second-order valence-electron chi connectivity index (χ2n) is 6.24. The molecule has 1 aromatic heterocycles. The molecule has 5 atom stereocenters. The molecule has 0 aromatic carbocycles. The Morgan fingerprint density at radius 3 is 2.58 bits per heavy atom. The summed E-state index contributed by atoms with van der Waals surface area (Å²) in [6, 6.07) is 3.42. The summed E-state index contributed by atoms with van der Waals surface area (Å²) in [6.45, 7) is -0.573. The highest BCUT2D eigenvalue weighted by Crippen LogP contribution is 2.31. The Bertz CT molecular complexity index is 723. The molecule has 1 aromatic rings. The van der Waals surface area contributed by atoms with Gasteiger partial charge in [-0.1, -0.05) is 0 Å². The molecule has 0 radical (unpaired) electrons. The molecule has 3 rings (SSSR count). The summed E-state index contributed by atoms with van der Waals surface area (Å²) in [6.07, 6.45) is -3.91. The molecule has 24 heavy (non-hydrogen) atoms. The van der Waals surface area contributed by atoms with Crippen LogP contribution in [-0.4, -0.2) is 56.0 Å². The molecule has 0 amide bonds. The zero-order valence-electron chi connectivity index (χ0n) is 13.0. The maximum Gasteiger partial charge on any atom is 0.270 e. The van der Waals surface area contributed by atoms with E-state index in [-0.39, 0.29) is 5.56 Å². The number of rotatable bonds is 2. The van der Waals surface area contributed by atoms with Gasteiger partial charge >= 0.3 is 0 Å². The molecular formula is C16H20N2O6. The number of fused-ring (bicyclic) bond motifs is 1. The van der Waals surface area contributed by atoms with Crippen molar-refractivity contribution in [2.24, 2.45) is 0 Å². The van der Waals surface area contributed by atoms with Gasteiger partial charge in [-0.05, 0) is 37.3 Å². The fourth-order valence-electron chi connectivity index (χ4n) is 3.48. The number of nitrogens with zero attached hydrogens (tertiary/aromatic N) is 2. The van der Waals surface area contributed by atoms with Crippen molar-refractivity contribution in [1.82, 2.24) is 4.57 Å². The van der Waals surface area contributed by atoms with E-state index in [0.29, 0.717) is 18.5 Å². The Labute approximate surface area is 138 Å². The quantitative estimate of drug-likeness (QED) is 0.520. The van der Waals surface area contributed by atoms with Crippen LogP contribution in [0.4, 0.5) is 0 Å². The smallest absolute Gasteiger partial charge is 0.270 e. The summed E-state index contributed by atoms with van der Waals surface area (Å²) in [5.41, 5.74) is 0.832. The predicted octanol–water partition coefficient (Wildman–Crippen LogP) is -1.43. The lowest BCUT2D eigenvalue weighted by Gasteiger charge is -2.41. The lowest BCUT2D eigenvalue weighted by atomic mass is 9.93. The monoisotopic (exact) mass is 336 g/mol. The molecule has 1 saturated heterocycles. The molecular weight excluding hydrogens is 316 g/mol. The molecule has 1 aliphatic heterocycles. The summed E-state index contributed by atoms with van der Waals surface area (Å²) in [4.78, 5) is 12.6. The Kier molecular flexibility index (Phi) is 4.71. The lowest BCUT2D eigenvalue weighted by molar-refractivity contribution is -0.252. The van der Waals surface area contributed by atoms with E-state index in [2.05, 4.69) is 0 Å². The molecule has 1 aliphatic carbocycles. The van der Waals surface area contributed by atoms with Gasteiger partial charge in [-0.25, -0.2) is 0 Å². The topological polar surface area (TPSA) is 136 Å². The fraction of sp³-hybridized carbons (Fsp3) is 0.625. The number of aliphatic hydroxyl groups excluding tert-OH is 4. The first kappa shape index (κ1) is 17.1. The second kappa shape index (κ2) is 6.63. The van der Waals surface area contributed by atoms with E-state index in [9.17, 15) is 30.5 Å². The molecule has 0 saturated carbocycles. The lowest BCUT2D eigenvalue weighted by Crippen LogP contribution is -2.58. The summed E-state index contributed by atoms with van der Waals surface area (Å²) >= 11 is 0. The van der Waals surface area contributed by atoms with Crippen LogP contribution in [0.1, 0.15) is 35.9 Å². The number of pyridine rings is 1. The van der Waals surface area contributed by atoms with Crippen LogP contribution in [0.5, 0.6) is 0 Å². The van der Waals surface area contributed by atoms with Crippen molar-refractivity contribution in [1.29, 1.82) is 5.26 Å². The SMILES string of the molecule is N#Cc1cc2c(n([C@@H]3O[C@H](CO)[C@H](O)[C@H](O)[C@H]3O)c1=O)CCCC2. The van der Waals surface area contributed by atoms with Crippen LogP contribution in [0.15, 0.2) is 10.9 Å². The minimum Gasteiger partial charge on any atom is -0.394 e. The van der Waals surface area contributed by atoms with Crippen LogP contribution in [0.25, 0.3) is 0 Å². The molecule has 8 nitrogen and oxygen atoms in total. The number of hydrogen-bond donors (Lipinski definition) is 4. The Morgan fingerprint density at radius 1 is 1.21 bits per heavy atom. The van der Waals surface area contributed by atoms with Gasteiger partial charge in [0.2, 0.25) is 0 Å². The molecule has 1 fully saturated rings. The number of aromatic nitrogens is 1. The van der Waals surface area contributed by atoms with E-state index in [4.69, 9.17) is 4.74 Å². The highest BCUT2D eigenvalue weighted by atomic mass is 16.6. The van der Waals surface area contributed by atoms with Crippen molar-refractivity contribution in [2.45, 2.75) is 56.3 Å². The fourth-order valence-corrected chi connectivity index (χ4v) is 3.48. The number of nitriles is 1. The first-order valence-corrected chi connectivity index (χ1v) is 7.97. The van der Waals surface area contributed by atoms with Crippen molar-refractivity contribution in [2.75, 3.05) is 6.61 Å². The largest absolute Gasteiger partial charge is 0.394 e. The summed E-state index contributed by atoms with van der Waals surface area (Å²) in [5.74, 6) is 0. The number of aliphatic hydroxyl groups is 4. The van der Waals surface area contributed by atoms with Crippen molar-refractivity contribution in [3.8, 4) is 6.07 Å². The van der Waals surface area contributed by atoms with Crippen molar-refractivity contribution < 1.29 is 25.2 Å². The predicted molar refractivity (Wildman–Crippen MR) is 81.1 cm³/mol. The molecule has 8 heteroatoms. The average molecular weight is 336 g/mol. The van der Waals surface area contributed by atoms with Gasteiger partial charge in [0.1, 0.15) is 36.0 Å². The zero-order chi connectivity index (χ0) is 17.4. The Balaban J connectivity index is 2.14. The molecule has 2 aliphatic rings. The normalized spacial score (nSPS) is 32.9. The minimum atomic E-state index is -1.57. The molecule has 0 bridgehead atoms. The molecule has 2 heterocycles. The third kappa shape index (κ3) is 2.64. The van der Waals surface area contributed by atoms with Gasteiger partial charge in [-0.15, -0.1) is 0 Å². The van der Waals surface area contributed by atoms with Crippen LogP contribution in [0.2, 0.25) is 0 Å². The maximum atomic E-state index is 12.6. The summed E-state index contributed by atoms with van der Waals surface area (Å²) in [5, 5.41) is 48.7. The second-order valence-corrected chi connectivity index (χ2v) is 6.24. The van der Waals surface area contributed by atoms with Crippen molar-refractivity contribution >= 4 is 0 Å². The third-order valence-corrected chi connectivity index (χ3v) is 4.78. The molecule has 130 valence electrons. The van der Waals surface area contributed by atoms with Crippen LogP contribution in [0.3, 0.4) is 0 Å². The van der Waals surface area contributed by atoms with Crippen LogP contribution in [-0.2, 0) is 17.6 Å². The standard InChI is InChI=1S/C16H20N2O6/c17-6-9-5-8-3-1-2-4-10(8)18(15(9)23)16-14(22)13(21)12(20)11(7-19)24-16/h5,11-14,16,19-22H,1-4,7H2/t11-,12+,13+,14-,16-/m1/s1. The van der Waals surface area contributed by atoms with Crippen molar-refractivity contribution in [3.05, 3.63) is 33.2 Å². The number of aryl methyl sites for hydroxylation is 1. The van der Waals surface area contributed by atoms with Gasteiger partial charge in [-0.2, -0.15) is 5.26 Å². The first-order valence-electron chi connectivity index (χ1n) is 7.97. The van der Waals surface area contributed by atoms with Crippen molar-refractivity contribution in [3.63, 3.8) is 0 Å². The highest BCUT2D eigenvalue weighted by molar-refractivity contribution is 5.36. The summed E-state index contributed by atoms with van der Waals surface area (Å²) < 4.78 is 6.71. The molecule has 0 unspecified atom stereocenters. The first-order chi connectivity index (χ1) is 11.5. The molecule has 0 spiro atoms. The Hall–Kier alpha value is -1.76. The van der Waals surface area contributed by atoms with Gasteiger partial charge in [0.15, 0.2) is 6.23 Å².